The predicted molar refractivity (Wildman–Crippen MR) is 131 cm³/mol. The molecule has 4 bridgehead atoms. The van der Waals surface area contributed by atoms with E-state index in [2.05, 4.69) is 42.8 Å². The highest BCUT2D eigenvalue weighted by atomic mass is 32.1. The van der Waals surface area contributed by atoms with E-state index in [9.17, 15) is 9.59 Å². The molecule has 0 N–H and O–H groups in total. The number of hydrogen-bond acceptors (Lipinski definition) is 6. The number of hydrogen-bond donors (Lipinski definition) is 1. The fourth-order valence-corrected chi connectivity index (χ4v) is 8.64. The van der Waals surface area contributed by atoms with Crippen LogP contribution in [0, 0.1) is 10.8 Å². The number of fused-ring (bicyclic) bond motifs is 2. The van der Waals surface area contributed by atoms with Crippen molar-refractivity contribution in [2.45, 2.75) is 88.0 Å². The third-order valence-corrected chi connectivity index (χ3v) is 10.4. The van der Waals surface area contributed by atoms with Crippen molar-refractivity contribution in [3.8, 4) is 5.75 Å². The van der Waals surface area contributed by atoms with Crippen molar-refractivity contribution in [3.63, 3.8) is 0 Å². The number of likely N-dealkylation sites (N-methyl/N-ethyl adjacent to an activating group) is 1. The summed E-state index contributed by atoms with van der Waals surface area (Å²) < 4.78 is 11.3. The minimum atomic E-state index is -1.14. The van der Waals surface area contributed by atoms with E-state index in [1.807, 2.05) is 13.8 Å². The minimum absolute atomic E-state index is 0.0240. The van der Waals surface area contributed by atoms with Gasteiger partial charge in [-0.25, -0.2) is 0 Å². The third-order valence-electron chi connectivity index (χ3n) is 9.77. The van der Waals surface area contributed by atoms with Crippen molar-refractivity contribution in [1.29, 1.82) is 0 Å². The average Bonchev–Trinajstić information content (AvgIpc) is 2.84. The molecule has 4 fully saturated rings. The summed E-state index contributed by atoms with van der Waals surface area (Å²) >= 11 is 4.65. The number of piperidine rings is 2. The molecule has 5 aliphatic rings. The molecule has 2 heterocycles. The Bertz CT molecular complexity index is 981. The van der Waals surface area contributed by atoms with E-state index < -0.39 is 10.7 Å². The highest BCUT2D eigenvalue weighted by Gasteiger charge is 2.76. The van der Waals surface area contributed by atoms with Crippen LogP contribution < -0.4 is 4.74 Å². The van der Waals surface area contributed by atoms with Crippen LogP contribution in [0.3, 0.4) is 0 Å². The monoisotopic (exact) mass is 471 g/mol. The Kier molecular flexibility index (Phi) is 5.64. The number of ether oxygens (including phenoxy) is 2. The van der Waals surface area contributed by atoms with Gasteiger partial charge in [-0.1, -0.05) is 25.8 Å². The Labute approximate surface area is 203 Å². The smallest absolute Gasteiger partial charge is 0.321 e. The number of rotatable bonds is 6. The molecule has 5 nitrogen and oxygen atoms in total. The fraction of sp³-hybridized carbons (Fsp3) is 0.704. The quantitative estimate of drug-likeness (QED) is 0.380. The van der Waals surface area contributed by atoms with Crippen molar-refractivity contribution in [2.24, 2.45) is 10.8 Å². The summed E-state index contributed by atoms with van der Waals surface area (Å²) in [5.74, 6) is 0.529. The molecule has 0 radical (unpaired) electrons. The summed E-state index contributed by atoms with van der Waals surface area (Å²) in [6, 6.07) is 6.72. The first-order valence-corrected chi connectivity index (χ1v) is 13.1. The van der Waals surface area contributed by atoms with Gasteiger partial charge in [0.2, 0.25) is 0 Å². The summed E-state index contributed by atoms with van der Waals surface area (Å²) in [5, 5.41) is -0.453. The summed E-state index contributed by atoms with van der Waals surface area (Å²) in [6.07, 6.45) is 7.45. The Morgan fingerprint density at radius 3 is 2.67 bits per heavy atom. The van der Waals surface area contributed by atoms with Crippen LogP contribution in [-0.2, 0) is 26.2 Å². The minimum Gasteiger partial charge on any atom is -0.497 e. The maximum atomic E-state index is 14.0. The fourth-order valence-electron chi connectivity index (χ4n) is 8.41. The number of esters is 1. The van der Waals surface area contributed by atoms with Gasteiger partial charge in [-0.15, -0.1) is 0 Å². The SMILES string of the molecule is CCOC(=O)C1(C(=O)C(S)CC)C[C@@]23CCCC[C@]24CC1N(C)C3Cc1ccc(OC)cc14. The Morgan fingerprint density at radius 1 is 1.21 bits per heavy atom. The maximum Gasteiger partial charge on any atom is 0.321 e. The van der Waals surface area contributed by atoms with Gasteiger partial charge in [-0.3, -0.25) is 14.5 Å². The molecular weight excluding hydrogens is 434 g/mol. The molecule has 180 valence electrons. The molecule has 4 unspecified atom stereocenters. The van der Waals surface area contributed by atoms with E-state index in [0.29, 0.717) is 18.9 Å². The van der Waals surface area contributed by atoms with Crippen molar-refractivity contribution in [2.75, 3.05) is 20.8 Å². The average molecular weight is 472 g/mol. The molecule has 2 aliphatic heterocycles. The Hall–Kier alpha value is -1.53. The van der Waals surface area contributed by atoms with Gasteiger partial charge < -0.3 is 9.47 Å². The van der Waals surface area contributed by atoms with Gasteiger partial charge in [0.05, 0.1) is 19.0 Å². The number of methoxy groups -OCH3 is 1. The van der Waals surface area contributed by atoms with Crippen LogP contribution in [0.1, 0.15) is 69.9 Å². The lowest BCUT2D eigenvalue weighted by Gasteiger charge is -2.75. The van der Waals surface area contributed by atoms with E-state index in [1.165, 1.54) is 17.5 Å². The van der Waals surface area contributed by atoms with E-state index in [-0.39, 0.29) is 35.2 Å². The zero-order chi connectivity index (χ0) is 23.6. The van der Waals surface area contributed by atoms with Crippen LogP contribution in [0.5, 0.6) is 5.75 Å². The van der Waals surface area contributed by atoms with E-state index in [1.54, 1.807) is 7.11 Å². The van der Waals surface area contributed by atoms with Crippen molar-refractivity contribution >= 4 is 24.4 Å². The molecule has 3 aliphatic carbocycles. The topological polar surface area (TPSA) is 55.8 Å². The van der Waals surface area contributed by atoms with Gasteiger partial charge in [0.15, 0.2) is 5.78 Å². The summed E-state index contributed by atoms with van der Waals surface area (Å²) in [4.78, 5) is 30.1. The predicted octanol–water partition coefficient (Wildman–Crippen LogP) is 4.35. The van der Waals surface area contributed by atoms with Gasteiger partial charge in [-0.05, 0) is 81.2 Å². The Balaban J connectivity index is 1.73. The molecule has 6 atom stereocenters. The number of ketones is 1. The molecule has 1 spiro atoms. The first kappa shape index (κ1) is 23.2. The lowest BCUT2D eigenvalue weighted by atomic mass is 9.34. The normalized spacial score (nSPS) is 37.6. The zero-order valence-electron chi connectivity index (χ0n) is 20.4. The van der Waals surface area contributed by atoms with E-state index >= 15 is 0 Å². The standard InChI is InChI=1S/C27H37NO4S/c1-5-20(33)23(29)27(24(30)32-6-2)16-26-12-8-7-11-25(26)15-22(27)28(3)21(26)13-17-9-10-18(31-4)14-19(17)25/h9-10,14,20-22,33H,5-8,11-13,15-16H2,1-4H3/t20?,21?,22?,25-,26-,27?/m1/s1. The van der Waals surface area contributed by atoms with Crippen LogP contribution in [0.2, 0.25) is 0 Å². The van der Waals surface area contributed by atoms with Gasteiger partial charge >= 0.3 is 5.97 Å². The molecule has 0 aromatic heterocycles. The van der Waals surface area contributed by atoms with Crippen LogP contribution in [0.25, 0.3) is 0 Å². The molecular formula is C27H37NO4S. The second kappa shape index (κ2) is 8.01. The van der Waals surface area contributed by atoms with Crippen LogP contribution >= 0.6 is 12.6 Å². The van der Waals surface area contributed by atoms with Gasteiger partial charge in [0.1, 0.15) is 11.2 Å². The second-order valence-corrected chi connectivity index (χ2v) is 11.4. The van der Waals surface area contributed by atoms with Crippen molar-refractivity contribution in [1.82, 2.24) is 4.90 Å². The van der Waals surface area contributed by atoms with Gasteiger partial charge in [-0.2, -0.15) is 12.6 Å². The number of benzene rings is 1. The summed E-state index contributed by atoms with van der Waals surface area (Å²) in [7, 11) is 3.87. The second-order valence-electron chi connectivity index (χ2n) is 10.7. The zero-order valence-corrected chi connectivity index (χ0v) is 21.2. The van der Waals surface area contributed by atoms with E-state index in [4.69, 9.17) is 9.47 Å². The van der Waals surface area contributed by atoms with Crippen LogP contribution in [0.15, 0.2) is 18.2 Å². The Morgan fingerprint density at radius 2 is 1.97 bits per heavy atom. The first-order valence-electron chi connectivity index (χ1n) is 12.6. The van der Waals surface area contributed by atoms with Crippen LogP contribution in [0.4, 0.5) is 0 Å². The molecule has 2 saturated carbocycles. The first-order chi connectivity index (χ1) is 15.8. The van der Waals surface area contributed by atoms with Crippen molar-refractivity contribution < 1.29 is 19.1 Å². The van der Waals surface area contributed by atoms with Crippen molar-refractivity contribution in [3.05, 3.63) is 29.3 Å². The molecule has 0 amide bonds. The molecule has 33 heavy (non-hydrogen) atoms. The lowest BCUT2D eigenvalue weighted by molar-refractivity contribution is -0.223. The largest absolute Gasteiger partial charge is 0.497 e. The van der Waals surface area contributed by atoms with Gasteiger partial charge in [0, 0.05) is 17.5 Å². The maximum absolute atomic E-state index is 14.0. The summed E-state index contributed by atoms with van der Waals surface area (Å²) in [6.45, 7) is 4.09. The molecule has 1 aromatic rings. The number of nitrogens with zero attached hydrogens (tertiary/aromatic N) is 1. The third kappa shape index (κ3) is 2.83. The number of carbonyl (C=O) groups excluding carboxylic acids is 2. The van der Waals surface area contributed by atoms with Crippen LogP contribution in [-0.4, -0.2) is 54.8 Å². The molecule has 1 aromatic carbocycles. The molecule has 2 saturated heterocycles. The molecule has 6 rings (SSSR count). The highest BCUT2D eigenvalue weighted by molar-refractivity contribution is 7.81. The number of Topliss-reactive ketones (excluding diaryl/α,β-unsaturated/α-hetero) is 1. The molecule has 6 heteroatoms. The number of carbonyl (C=O) groups is 2. The lowest BCUT2D eigenvalue weighted by Crippen LogP contribution is -2.80. The highest BCUT2D eigenvalue weighted by Crippen LogP contribution is 2.73. The van der Waals surface area contributed by atoms with E-state index in [0.717, 1.165) is 37.9 Å². The van der Waals surface area contributed by atoms with Gasteiger partial charge in [0.25, 0.3) is 0 Å². The number of thiol groups is 1. The summed E-state index contributed by atoms with van der Waals surface area (Å²) in [5.41, 5.74) is 1.51.